The number of pyridine rings is 3. The van der Waals surface area contributed by atoms with Gasteiger partial charge in [0.05, 0.1) is 27.9 Å². The predicted molar refractivity (Wildman–Crippen MR) is 220 cm³/mol. The SMILES string of the molecule is c1ccc(-c2ccc3ccc4ccc(-c5cccc(-c6nc(-c7ccc8ccccc8n7)nc(-c7cccc8oc9ccccc9c78)n6)c5)nc4c3n2)cc1. The van der Waals surface area contributed by atoms with Crippen molar-refractivity contribution >= 4 is 54.6 Å². The van der Waals surface area contributed by atoms with Crippen molar-refractivity contribution in [2.24, 2.45) is 0 Å². The van der Waals surface area contributed by atoms with Crippen LogP contribution >= 0.6 is 0 Å². The minimum Gasteiger partial charge on any atom is -0.456 e. The third kappa shape index (κ3) is 5.37. The summed E-state index contributed by atoms with van der Waals surface area (Å²) in [5.74, 6) is 1.55. The Morgan fingerprint density at radius 2 is 0.945 bits per heavy atom. The third-order valence-corrected chi connectivity index (χ3v) is 10.1. The maximum absolute atomic E-state index is 6.25. The first-order valence-electron chi connectivity index (χ1n) is 18.1. The molecule has 0 fully saturated rings. The summed E-state index contributed by atoms with van der Waals surface area (Å²) in [5, 5.41) is 5.07. The van der Waals surface area contributed by atoms with Gasteiger partial charge in [-0.1, -0.05) is 127 Å². The Kier molecular flexibility index (Phi) is 7.03. The van der Waals surface area contributed by atoms with Crippen LogP contribution in [0.4, 0.5) is 0 Å². The first kappa shape index (κ1) is 30.9. The topological polar surface area (TPSA) is 90.5 Å². The van der Waals surface area contributed by atoms with Crippen molar-refractivity contribution in [3.05, 3.63) is 170 Å². The lowest BCUT2D eigenvalue weighted by Crippen LogP contribution is -2.01. The van der Waals surface area contributed by atoms with Crippen molar-refractivity contribution in [1.82, 2.24) is 29.9 Å². The van der Waals surface area contributed by atoms with Crippen molar-refractivity contribution in [2.45, 2.75) is 0 Å². The lowest BCUT2D eigenvalue weighted by Gasteiger charge is -2.11. The Bertz CT molecular complexity index is 3280. The van der Waals surface area contributed by atoms with E-state index < -0.39 is 0 Å². The molecule has 11 aromatic rings. The maximum Gasteiger partial charge on any atom is 0.182 e. The minimum atomic E-state index is 0.483. The van der Waals surface area contributed by atoms with E-state index in [9.17, 15) is 0 Å². The highest BCUT2D eigenvalue weighted by atomic mass is 16.3. The van der Waals surface area contributed by atoms with Crippen molar-refractivity contribution in [3.63, 3.8) is 0 Å². The van der Waals surface area contributed by atoms with Gasteiger partial charge in [0, 0.05) is 49.2 Å². The molecule has 7 heteroatoms. The molecule has 0 amide bonds. The smallest absolute Gasteiger partial charge is 0.182 e. The second-order valence-corrected chi connectivity index (χ2v) is 13.5. The fraction of sp³-hybridized carbons (Fsp3) is 0. The van der Waals surface area contributed by atoms with E-state index in [2.05, 4.69) is 78.9 Å². The number of hydrogen-bond donors (Lipinski definition) is 0. The summed E-state index contributed by atoms with van der Waals surface area (Å²) >= 11 is 0. The summed E-state index contributed by atoms with van der Waals surface area (Å²) < 4.78 is 6.25. The molecule has 0 bridgehead atoms. The molecule has 0 aliphatic heterocycles. The standard InChI is InChI=1S/C48H28N6O/c1-2-10-29(11-3-1)38-25-23-31-20-21-32-24-26-39(51-45(32)44(31)50-38)33-13-8-14-34(28-33)46-52-47(36-16-9-19-42-43(36)35-15-5-7-18-41(35)55-42)54-48(53-46)40-27-22-30-12-4-6-17-37(30)49-40/h1-28H. The van der Waals surface area contributed by atoms with Gasteiger partial charge in [-0.15, -0.1) is 0 Å². The number of rotatable bonds is 5. The Morgan fingerprint density at radius 3 is 1.80 bits per heavy atom. The molecule has 0 saturated carbocycles. The van der Waals surface area contributed by atoms with E-state index in [4.69, 9.17) is 34.3 Å². The highest BCUT2D eigenvalue weighted by Gasteiger charge is 2.19. The zero-order valence-electron chi connectivity index (χ0n) is 29.3. The van der Waals surface area contributed by atoms with Gasteiger partial charge in [-0.25, -0.2) is 29.9 Å². The molecule has 256 valence electrons. The second-order valence-electron chi connectivity index (χ2n) is 13.5. The molecule has 0 aliphatic carbocycles. The van der Waals surface area contributed by atoms with Crippen molar-refractivity contribution in [3.8, 4) is 56.8 Å². The van der Waals surface area contributed by atoms with Crippen molar-refractivity contribution in [1.29, 1.82) is 0 Å². The van der Waals surface area contributed by atoms with Crippen LogP contribution in [0.1, 0.15) is 0 Å². The Balaban J connectivity index is 1.08. The van der Waals surface area contributed by atoms with Gasteiger partial charge in [0.2, 0.25) is 0 Å². The summed E-state index contributed by atoms with van der Waals surface area (Å²) in [6.07, 6.45) is 0. The Hall–Kier alpha value is -7.64. The van der Waals surface area contributed by atoms with Crippen LogP contribution in [-0.4, -0.2) is 29.9 Å². The van der Waals surface area contributed by atoms with E-state index in [1.807, 2.05) is 91.0 Å². The number of benzene rings is 6. The van der Waals surface area contributed by atoms with Crippen LogP contribution in [0.15, 0.2) is 174 Å². The minimum absolute atomic E-state index is 0.483. The van der Waals surface area contributed by atoms with Crippen molar-refractivity contribution in [2.75, 3.05) is 0 Å². The fourth-order valence-electron chi connectivity index (χ4n) is 7.41. The van der Waals surface area contributed by atoms with Crippen LogP contribution in [0.2, 0.25) is 0 Å². The van der Waals surface area contributed by atoms with E-state index in [-0.39, 0.29) is 0 Å². The first-order valence-corrected chi connectivity index (χ1v) is 18.1. The molecule has 0 aliphatic rings. The number of hydrogen-bond acceptors (Lipinski definition) is 7. The summed E-state index contributed by atoms with van der Waals surface area (Å²) in [6.45, 7) is 0. The van der Waals surface area contributed by atoms with E-state index >= 15 is 0 Å². The molecule has 11 rings (SSSR count). The number of para-hydroxylation sites is 2. The predicted octanol–water partition coefficient (Wildman–Crippen LogP) is 11.8. The average Bonchev–Trinajstić information content (AvgIpc) is 3.65. The number of aromatic nitrogens is 6. The Labute approximate surface area is 314 Å². The molecule has 0 N–H and O–H groups in total. The van der Waals surface area contributed by atoms with Gasteiger partial charge in [-0.2, -0.15) is 0 Å². The fourth-order valence-corrected chi connectivity index (χ4v) is 7.41. The molecule has 0 saturated heterocycles. The molecule has 0 radical (unpaired) electrons. The highest BCUT2D eigenvalue weighted by molar-refractivity contribution is 6.12. The average molecular weight is 705 g/mol. The summed E-state index contributed by atoms with van der Waals surface area (Å²) in [5.41, 5.74) is 10.3. The van der Waals surface area contributed by atoms with E-state index in [1.54, 1.807) is 0 Å². The molecule has 0 atom stereocenters. The Morgan fingerprint density at radius 1 is 0.345 bits per heavy atom. The molecule has 7 nitrogen and oxygen atoms in total. The first-order chi connectivity index (χ1) is 27.2. The van der Waals surface area contributed by atoms with E-state index in [0.29, 0.717) is 23.2 Å². The molecular formula is C48H28N6O. The third-order valence-electron chi connectivity index (χ3n) is 10.1. The van der Waals surface area contributed by atoms with Gasteiger partial charge >= 0.3 is 0 Å². The van der Waals surface area contributed by atoms with Crippen LogP contribution in [0.3, 0.4) is 0 Å². The molecule has 0 spiro atoms. The number of fused-ring (bicyclic) bond motifs is 7. The molecule has 5 aromatic heterocycles. The van der Waals surface area contributed by atoms with Gasteiger partial charge < -0.3 is 4.42 Å². The largest absolute Gasteiger partial charge is 0.456 e. The van der Waals surface area contributed by atoms with Gasteiger partial charge in [-0.05, 0) is 42.5 Å². The summed E-state index contributed by atoms with van der Waals surface area (Å²) in [4.78, 5) is 30.6. The monoisotopic (exact) mass is 704 g/mol. The van der Waals surface area contributed by atoms with E-state index in [1.165, 1.54) is 0 Å². The molecular weight excluding hydrogens is 677 g/mol. The lowest BCUT2D eigenvalue weighted by atomic mass is 10.0. The van der Waals surface area contributed by atoms with Crippen LogP contribution in [0, 0.1) is 0 Å². The number of furan rings is 1. The lowest BCUT2D eigenvalue weighted by molar-refractivity contribution is 0.669. The normalized spacial score (nSPS) is 11.6. The second kappa shape index (κ2) is 12.5. The molecule has 6 aromatic carbocycles. The van der Waals surface area contributed by atoms with Crippen molar-refractivity contribution < 1.29 is 4.42 Å². The van der Waals surface area contributed by atoms with Crippen LogP contribution in [0.5, 0.6) is 0 Å². The summed E-state index contributed by atoms with van der Waals surface area (Å²) in [6, 6.07) is 57.1. The van der Waals surface area contributed by atoms with Gasteiger partial charge in [0.15, 0.2) is 17.5 Å². The van der Waals surface area contributed by atoms with Crippen LogP contribution in [-0.2, 0) is 0 Å². The zero-order chi connectivity index (χ0) is 36.3. The van der Waals surface area contributed by atoms with Crippen LogP contribution < -0.4 is 0 Å². The highest BCUT2D eigenvalue weighted by Crippen LogP contribution is 2.37. The maximum atomic E-state index is 6.25. The summed E-state index contributed by atoms with van der Waals surface area (Å²) in [7, 11) is 0. The molecule has 55 heavy (non-hydrogen) atoms. The zero-order valence-corrected chi connectivity index (χ0v) is 29.3. The van der Waals surface area contributed by atoms with Gasteiger partial charge in [0.25, 0.3) is 0 Å². The molecule has 0 unspecified atom stereocenters. The van der Waals surface area contributed by atoms with Gasteiger partial charge in [-0.3, -0.25) is 0 Å². The van der Waals surface area contributed by atoms with Gasteiger partial charge in [0.1, 0.15) is 16.9 Å². The quantitative estimate of drug-likeness (QED) is 0.165. The van der Waals surface area contributed by atoms with E-state index in [0.717, 1.165) is 88.3 Å². The molecule has 5 heterocycles. The van der Waals surface area contributed by atoms with Crippen LogP contribution in [0.25, 0.3) is 111 Å². The number of nitrogens with zero attached hydrogens (tertiary/aromatic N) is 6.